The number of amides is 1. The number of guanidine groups is 1. The fraction of sp³-hybridized carbons (Fsp3) is 0.579. The van der Waals surface area contributed by atoms with Crippen molar-refractivity contribution in [1.29, 1.82) is 0 Å². The molecule has 1 aliphatic rings. The Morgan fingerprint density at radius 1 is 1.22 bits per heavy atom. The van der Waals surface area contributed by atoms with Crippen molar-refractivity contribution in [3.05, 3.63) is 29.8 Å². The minimum absolute atomic E-state index is 0. The number of nitrogens with zero attached hydrogens (tertiary/aromatic N) is 2. The van der Waals surface area contributed by atoms with Gasteiger partial charge in [0.1, 0.15) is 5.75 Å². The second-order valence-electron chi connectivity index (χ2n) is 6.34. The molecule has 0 saturated carbocycles. The zero-order valence-electron chi connectivity index (χ0n) is 16.2. The molecule has 4 N–H and O–H groups in total. The van der Waals surface area contributed by atoms with E-state index in [9.17, 15) is 9.90 Å². The molecule has 1 saturated heterocycles. The summed E-state index contributed by atoms with van der Waals surface area (Å²) in [6, 6.07) is 7.05. The van der Waals surface area contributed by atoms with Crippen molar-refractivity contribution in [2.75, 3.05) is 39.3 Å². The third-order valence-electron chi connectivity index (χ3n) is 4.56. The van der Waals surface area contributed by atoms with Crippen LogP contribution in [0.2, 0.25) is 0 Å². The van der Waals surface area contributed by atoms with Crippen LogP contribution in [0.5, 0.6) is 5.75 Å². The van der Waals surface area contributed by atoms with Crippen LogP contribution in [-0.2, 0) is 0 Å². The van der Waals surface area contributed by atoms with Gasteiger partial charge in [0, 0.05) is 25.7 Å². The van der Waals surface area contributed by atoms with Crippen molar-refractivity contribution in [2.45, 2.75) is 32.7 Å². The van der Waals surface area contributed by atoms with E-state index in [1.54, 1.807) is 18.2 Å². The van der Waals surface area contributed by atoms with Crippen LogP contribution in [-0.4, -0.2) is 67.2 Å². The highest BCUT2D eigenvalue weighted by Crippen LogP contribution is 2.16. The summed E-state index contributed by atoms with van der Waals surface area (Å²) in [5.41, 5.74) is 0.286. The molecule has 0 bridgehead atoms. The molecular formula is C19H32IN5O2. The molecule has 152 valence electrons. The second-order valence-corrected chi connectivity index (χ2v) is 6.34. The Kier molecular flexibility index (Phi) is 11.1. The van der Waals surface area contributed by atoms with Crippen LogP contribution < -0.4 is 16.0 Å². The second kappa shape index (κ2) is 12.8. The first-order chi connectivity index (χ1) is 12.7. The number of benzene rings is 1. The van der Waals surface area contributed by atoms with Crippen LogP contribution in [0.1, 0.15) is 37.0 Å². The molecule has 1 amide bonds. The largest absolute Gasteiger partial charge is 0.507 e. The van der Waals surface area contributed by atoms with E-state index < -0.39 is 0 Å². The van der Waals surface area contributed by atoms with Gasteiger partial charge in [0.05, 0.1) is 12.1 Å². The highest BCUT2D eigenvalue weighted by Gasteiger charge is 2.22. The number of nitrogens with one attached hydrogen (secondary N) is 3. The normalized spacial score (nSPS) is 17.3. The number of likely N-dealkylation sites (tertiary alicyclic amines) is 1. The zero-order valence-corrected chi connectivity index (χ0v) is 18.5. The Hall–Kier alpha value is -1.55. The van der Waals surface area contributed by atoms with Crippen LogP contribution in [0, 0.1) is 0 Å². The number of aliphatic imine (C=N–C) groups is 1. The summed E-state index contributed by atoms with van der Waals surface area (Å²) in [6.45, 7) is 9.05. The molecule has 1 aromatic rings. The van der Waals surface area contributed by atoms with Gasteiger partial charge in [0.2, 0.25) is 0 Å². The van der Waals surface area contributed by atoms with Gasteiger partial charge >= 0.3 is 0 Å². The zero-order chi connectivity index (χ0) is 18.8. The summed E-state index contributed by atoms with van der Waals surface area (Å²) in [5, 5.41) is 19.0. The van der Waals surface area contributed by atoms with Crippen LogP contribution in [0.25, 0.3) is 0 Å². The Morgan fingerprint density at radius 3 is 2.67 bits per heavy atom. The van der Waals surface area contributed by atoms with Crippen molar-refractivity contribution < 1.29 is 9.90 Å². The summed E-state index contributed by atoms with van der Waals surface area (Å²) in [6.07, 6.45) is 2.45. The molecule has 1 aliphatic heterocycles. The number of carbonyl (C=O) groups is 1. The molecule has 1 heterocycles. The molecule has 7 nitrogen and oxygen atoms in total. The Morgan fingerprint density at radius 2 is 1.96 bits per heavy atom. The lowest BCUT2D eigenvalue weighted by atomic mass is 10.2. The minimum atomic E-state index is -0.281. The van der Waals surface area contributed by atoms with Gasteiger partial charge in [-0.25, -0.2) is 0 Å². The Bertz CT molecular complexity index is 612. The standard InChI is InChI=1S/C19H31N5O2.HI/c1-3-20-19(23-14-15-8-7-13-24(15)4-2)22-12-11-21-18(26)16-9-5-6-10-17(16)25;/h5-6,9-10,15,25H,3-4,7-8,11-14H2,1-2H3,(H,21,26)(H2,20,22,23);1H. The summed E-state index contributed by atoms with van der Waals surface area (Å²) >= 11 is 0. The van der Waals surface area contributed by atoms with E-state index in [1.165, 1.54) is 25.5 Å². The van der Waals surface area contributed by atoms with Crippen molar-refractivity contribution in [1.82, 2.24) is 20.9 Å². The van der Waals surface area contributed by atoms with E-state index in [0.717, 1.165) is 25.6 Å². The van der Waals surface area contributed by atoms with Gasteiger partial charge in [-0.2, -0.15) is 0 Å². The van der Waals surface area contributed by atoms with Gasteiger partial charge in [-0.3, -0.25) is 14.7 Å². The van der Waals surface area contributed by atoms with Gasteiger partial charge in [0.15, 0.2) is 5.96 Å². The lowest BCUT2D eigenvalue weighted by Crippen LogP contribution is -2.42. The van der Waals surface area contributed by atoms with Crippen molar-refractivity contribution in [3.63, 3.8) is 0 Å². The number of aromatic hydroxyl groups is 1. The number of hydrogen-bond acceptors (Lipinski definition) is 4. The molecule has 8 heteroatoms. The average molecular weight is 489 g/mol. The third kappa shape index (κ3) is 7.53. The van der Waals surface area contributed by atoms with Gasteiger partial charge in [-0.15, -0.1) is 24.0 Å². The highest BCUT2D eigenvalue weighted by atomic mass is 127. The molecule has 1 aromatic carbocycles. The molecule has 2 rings (SSSR count). The summed E-state index contributed by atoms with van der Waals surface area (Å²) in [7, 11) is 0. The van der Waals surface area contributed by atoms with E-state index in [2.05, 4.69) is 32.8 Å². The van der Waals surface area contributed by atoms with Crippen LogP contribution in [0.3, 0.4) is 0 Å². The molecule has 0 spiro atoms. The van der Waals surface area contributed by atoms with Crippen molar-refractivity contribution in [3.8, 4) is 5.75 Å². The average Bonchev–Trinajstić information content (AvgIpc) is 3.10. The number of phenolic OH excluding ortho intramolecular Hbond substituents is 1. The number of carbonyl (C=O) groups excluding carboxylic acids is 1. The molecule has 0 aliphatic carbocycles. The number of hydrogen-bond donors (Lipinski definition) is 4. The molecule has 1 unspecified atom stereocenters. The minimum Gasteiger partial charge on any atom is -0.507 e. The van der Waals surface area contributed by atoms with Gasteiger partial charge < -0.3 is 21.1 Å². The number of phenols is 1. The van der Waals surface area contributed by atoms with Crippen LogP contribution >= 0.6 is 24.0 Å². The summed E-state index contributed by atoms with van der Waals surface area (Å²) < 4.78 is 0. The molecule has 1 fully saturated rings. The molecular weight excluding hydrogens is 457 g/mol. The van der Waals surface area contributed by atoms with E-state index >= 15 is 0 Å². The first-order valence-electron chi connectivity index (χ1n) is 9.48. The van der Waals surface area contributed by atoms with Gasteiger partial charge in [-0.1, -0.05) is 19.1 Å². The van der Waals surface area contributed by atoms with Gasteiger partial charge in [-0.05, 0) is 45.0 Å². The lowest BCUT2D eigenvalue weighted by Gasteiger charge is -2.21. The maximum Gasteiger partial charge on any atom is 0.255 e. The SMILES string of the molecule is CCNC(=NCC1CCCN1CC)NCCNC(=O)c1ccccc1O.I. The van der Waals surface area contributed by atoms with E-state index in [0.29, 0.717) is 19.1 Å². The molecule has 1 atom stereocenters. The van der Waals surface area contributed by atoms with Gasteiger partial charge in [0.25, 0.3) is 5.91 Å². The third-order valence-corrected chi connectivity index (χ3v) is 4.56. The monoisotopic (exact) mass is 489 g/mol. The Balaban J connectivity index is 0.00000364. The number of likely N-dealkylation sites (N-methyl/N-ethyl adjacent to an activating group) is 1. The lowest BCUT2D eigenvalue weighted by molar-refractivity contribution is 0.0951. The Labute approximate surface area is 179 Å². The first-order valence-corrected chi connectivity index (χ1v) is 9.48. The van der Waals surface area contributed by atoms with E-state index in [1.807, 2.05) is 6.92 Å². The fourth-order valence-electron chi connectivity index (χ4n) is 3.17. The topological polar surface area (TPSA) is 89.0 Å². The highest BCUT2D eigenvalue weighted by molar-refractivity contribution is 14.0. The van der Waals surface area contributed by atoms with Crippen molar-refractivity contribution >= 4 is 35.8 Å². The van der Waals surface area contributed by atoms with E-state index in [-0.39, 0.29) is 41.2 Å². The maximum atomic E-state index is 12.1. The first kappa shape index (κ1) is 23.5. The van der Waals surface area contributed by atoms with Crippen LogP contribution in [0.4, 0.5) is 0 Å². The molecule has 27 heavy (non-hydrogen) atoms. The van der Waals surface area contributed by atoms with E-state index in [4.69, 9.17) is 0 Å². The fourth-order valence-corrected chi connectivity index (χ4v) is 3.17. The molecule has 0 radical (unpaired) electrons. The predicted octanol–water partition coefficient (Wildman–Crippen LogP) is 1.78. The summed E-state index contributed by atoms with van der Waals surface area (Å²) in [5.74, 6) is 0.480. The maximum absolute atomic E-state index is 12.1. The smallest absolute Gasteiger partial charge is 0.255 e. The molecule has 0 aromatic heterocycles. The summed E-state index contributed by atoms with van der Waals surface area (Å²) in [4.78, 5) is 19.2. The number of halogens is 1. The number of para-hydroxylation sites is 1. The predicted molar refractivity (Wildman–Crippen MR) is 120 cm³/mol. The number of rotatable bonds is 8. The van der Waals surface area contributed by atoms with Crippen LogP contribution in [0.15, 0.2) is 29.3 Å². The quantitative estimate of drug-likeness (QED) is 0.194. The van der Waals surface area contributed by atoms with Crippen molar-refractivity contribution in [2.24, 2.45) is 4.99 Å².